The molecule has 1 saturated carbocycles. The lowest BCUT2D eigenvalue weighted by Crippen LogP contribution is -2.21. The second-order valence-corrected chi connectivity index (χ2v) is 4.03. The number of carbonyl (C=O) groups excluding carboxylic acids is 1. The lowest BCUT2D eigenvalue weighted by molar-refractivity contribution is -0.144. The van der Waals surface area contributed by atoms with E-state index in [0.29, 0.717) is 24.9 Å². The maximum atomic E-state index is 11.2. The van der Waals surface area contributed by atoms with Gasteiger partial charge in [0.25, 0.3) is 0 Å². The van der Waals surface area contributed by atoms with Crippen molar-refractivity contribution in [2.45, 2.75) is 46.0 Å². The minimum absolute atomic E-state index is 0.0127. The zero-order valence-electron chi connectivity index (χ0n) is 8.71. The zero-order chi connectivity index (χ0) is 9.68. The van der Waals surface area contributed by atoms with Gasteiger partial charge in [0.2, 0.25) is 0 Å². The Hall–Kier alpha value is -0.530. The topological polar surface area (TPSA) is 26.3 Å². The van der Waals surface area contributed by atoms with Crippen molar-refractivity contribution < 1.29 is 9.53 Å². The molecule has 0 saturated heterocycles. The molecule has 13 heavy (non-hydrogen) atoms. The summed E-state index contributed by atoms with van der Waals surface area (Å²) >= 11 is 0. The average molecular weight is 184 g/mol. The summed E-state index contributed by atoms with van der Waals surface area (Å²) < 4.78 is 4.95. The Labute approximate surface area is 80.7 Å². The van der Waals surface area contributed by atoms with E-state index >= 15 is 0 Å². The van der Waals surface area contributed by atoms with E-state index in [9.17, 15) is 4.79 Å². The van der Waals surface area contributed by atoms with Gasteiger partial charge >= 0.3 is 5.97 Å². The summed E-state index contributed by atoms with van der Waals surface area (Å²) in [5.74, 6) is 1.27. The van der Waals surface area contributed by atoms with E-state index in [2.05, 4.69) is 6.92 Å². The molecule has 76 valence electrons. The second kappa shape index (κ2) is 5.25. The zero-order valence-corrected chi connectivity index (χ0v) is 8.71. The van der Waals surface area contributed by atoms with E-state index in [4.69, 9.17) is 4.74 Å². The summed E-state index contributed by atoms with van der Waals surface area (Å²) in [7, 11) is 0. The van der Waals surface area contributed by atoms with Gasteiger partial charge in [0.1, 0.15) is 0 Å². The third kappa shape index (κ3) is 3.37. The van der Waals surface area contributed by atoms with E-state index in [-0.39, 0.29) is 5.97 Å². The fourth-order valence-corrected chi connectivity index (χ4v) is 2.13. The van der Waals surface area contributed by atoms with Crippen LogP contribution in [-0.2, 0) is 9.53 Å². The predicted molar refractivity (Wildman–Crippen MR) is 52.4 cm³/mol. The minimum atomic E-state index is -0.0127. The highest BCUT2D eigenvalue weighted by molar-refractivity contribution is 5.69. The predicted octanol–water partition coefficient (Wildman–Crippen LogP) is 2.77. The van der Waals surface area contributed by atoms with Crippen molar-refractivity contribution in [3.63, 3.8) is 0 Å². The average Bonchev–Trinajstić information content (AvgIpc) is 2.09. The monoisotopic (exact) mass is 184 g/mol. The molecule has 0 aromatic carbocycles. The Morgan fingerprint density at radius 2 is 2.08 bits per heavy atom. The van der Waals surface area contributed by atoms with Crippen molar-refractivity contribution in [3.8, 4) is 0 Å². The van der Waals surface area contributed by atoms with Gasteiger partial charge in [-0.15, -0.1) is 0 Å². The van der Waals surface area contributed by atoms with Crippen LogP contribution in [-0.4, -0.2) is 12.6 Å². The molecule has 1 fully saturated rings. The lowest BCUT2D eigenvalue weighted by atomic mass is 9.79. The number of rotatable bonds is 3. The maximum Gasteiger partial charge on any atom is 0.306 e. The van der Waals surface area contributed by atoms with Crippen LogP contribution in [0.1, 0.15) is 46.0 Å². The maximum absolute atomic E-state index is 11.2. The number of esters is 1. The molecular weight excluding hydrogens is 164 g/mol. The third-order valence-electron chi connectivity index (χ3n) is 3.02. The van der Waals surface area contributed by atoms with Gasteiger partial charge in [0.15, 0.2) is 0 Å². The molecule has 2 unspecified atom stereocenters. The van der Waals surface area contributed by atoms with E-state index in [1.807, 2.05) is 6.92 Å². The molecule has 0 bridgehead atoms. The summed E-state index contributed by atoms with van der Waals surface area (Å²) in [5, 5.41) is 0. The second-order valence-electron chi connectivity index (χ2n) is 4.03. The van der Waals surface area contributed by atoms with Crippen molar-refractivity contribution >= 4 is 5.97 Å². The Morgan fingerprint density at radius 3 is 2.69 bits per heavy atom. The molecule has 0 amide bonds. The molecule has 0 radical (unpaired) electrons. The van der Waals surface area contributed by atoms with E-state index in [1.54, 1.807) is 0 Å². The summed E-state index contributed by atoms with van der Waals surface area (Å²) in [6.45, 7) is 4.63. The number of carbonyl (C=O) groups is 1. The van der Waals surface area contributed by atoms with Gasteiger partial charge in [-0.1, -0.05) is 26.2 Å². The fraction of sp³-hybridized carbons (Fsp3) is 0.909. The lowest BCUT2D eigenvalue weighted by Gasteiger charge is -2.27. The summed E-state index contributed by atoms with van der Waals surface area (Å²) in [5.41, 5.74) is 0. The van der Waals surface area contributed by atoms with Crippen molar-refractivity contribution in [3.05, 3.63) is 0 Å². The number of hydrogen-bond acceptors (Lipinski definition) is 2. The first-order chi connectivity index (χ1) is 6.24. The van der Waals surface area contributed by atoms with Crippen LogP contribution in [0, 0.1) is 11.8 Å². The van der Waals surface area contributed by atoms with Crippen molar-refractivity contribution in [2.75, 3.05) is 6.61 Å². The molecule has 0 spiro atoms. The molecule has 0 aromatic rings. The van der Waals surface area contributed by atoms with Crippen molar-refractivity contribution in [1.29, 1.82) is 0 Å². The SMILES string of the molecule is CCOC(=O)CC1CCCCC1C. The first-order valence-electron chi connectivity index (χ1n) is 5.39. The highest BCUT2D eigenvalue weighted by atomic mass is 16.5. The molecule has 2 heteroatoms. The first-order valence-corrected chi connectivity index (χ1v) is 5.39. The van der Waals surface area contributed by atoms with Crippen LogP contribution in [0.3, 0.4) is 0 Å². The van der Waals surface area contributed by atoms with Crippen LogP contribution in [0.25, 0.3) is 0 Å². The summed E-state index contributed by atoms with van der Waals surface area (Å²) in [6.07, 6.45) is 5.74. The molecule has 1 aliphatic carbocycles. The van der Waals surface area contributed by atoms with Gasteiger partial charge in [-0.25, -0.2) is 0 Å². The largest absolute Gasteiger partial charge is 0.466 e. The number of ether oxygens (including phenoxy) is 1. The summed E-state index contributed by atoms with van der Waals surface area (Å²) in [4.78, 5) is 11.2. The van der Waals surface area contributed by atoms with Crippen LogP contribution in [0.4, 0.5) is 0 Å². The first kappa shape index (κ1) is 10.6. The minimum Gasteiger partial charge on any atom is -0.466 e. The standard InChI is InChI=1S/C11H20O2/c1-3-13-11(12)8-10-7-5-4-6-9(10)2/h9-10H,3-8H2,1-2H3. The molecule has 2 nitrogen and oxygen atoms in total. The normalized spacial score (nSPS) is 28.5. The van der Waals surface area contributed by atoms with E-state index in [0.717, 1.165) is 0 Å². The third-order valence-corrected chi connectivity index (χ3v) is 3.02. The Kier molecular flexibility index (Phi) is 4.26. The fourth-order valence-electron chi connectivity index (χ4n) is 2.13. The van der Waals surface area contributed by atoms with Gasteiger partial charge in [0.05, 0.1) is 6.61 Å². The van der Waals surface area contributed by atoms with E-state index in [1.165, 1.54) is 25.7 Å². The Balaban J connectivity index is 2.29. The van der Waals surface area contributed by atoms with Crippen LogP contribution in [0.5, 0.6) is 0 Å². The molecule has 0 heterocycles. The van der Waals surface area contributed by atoms with Gasteiger partial charge in [-0.05, 0) is 25.2 Å². The molecule has 0 N–H and O–H groups in total. The van der Waals surface area contributed by atoms with Crippen molar-refractivity contribution in [1.82, 2.24) is 0 Å². The van der Waals surface area contributed by atoms with Gasteiger partial charge in [0, 0.05) is 6.42 Å². The Morgan fingerprint density at radius 1 is 1.38 bits per heavy atom. The molecular formula is C11H20O2. The van der Waals surface area contributed by atoms with Crippen LogP contribution in [0.15, 0.2) is 0 Å². The van der Waals surface area contributed by atoms with Crippen LogP contribution < -0.4 is 0 Å². The highest BCUT2D eigenvalue weighted by Gasteiger charge is 2.23. The van der Waals surface area contributed by atoms with Crippen LogP contribution >= 0.6 is 0 Å². The van der Waals surface area contributed by atoms with Crippen LogP contribution in [0.2, 0.25) is 0 Å². The molecule has 1 aliphatic rings. The molecule has 1 rings (SSSR count). The van der Waals surface area contributed by atoms with Gasteiger partial charge in [-0.2, -0.15) is 0 Å². The molecule has 0 aliphatic heterocycles. The number of hydrogen-bond donors (Lipinski definition) is 0. The van der Waals surface area contributed by atoms with Gasteiger partial charge < -0.3 is 4.74 Å². The van der Waals surface area contributed by atoms with Gasteiger partial charge in [-0.3, -0.25) is 4.79 Å². The molecule has 0 aromatic heterocycles. The molecule has 2 atom stereocenters. The Bertz CT molecular complexity index is 165. The quantitative estimate of drug-likeness (QED) is 0.630. The smallest absolute Gasteiger partial charge is 0.306 e. The van der Waals surface area contributed by atoms with Crippen molar-refractivity contribution in [2.24, 2.45) is 11.8 Å². The highest BCUT2D eigenvalue weighted by Crippen LogP contribution is 2.31. The summed E-state index contributed by atoms with van der Waals surface area (Å²) in [6, 6.07) is 0. The van der Waals surface area contributed by atoms with E-state index < -0.39 is 0 Å².